The smallest absolute Gasteiger partial charge is 0.416 e. The number of likely N-dealkylation sites (tertiary alicyclic amines) is 2. The van der Waals surface area contributed by atoms with Crippen LogP contribution in [0.5, 0.6) is 5.75 Å². The number of anilines is 1. The number of hydrogen-bond acceptors (Lipinski definition) is 6. The van der Waals surface area contributed by atoms with Crippen molar-refractivity contribution in [3.63, 3.8) is 0 Å². The summed E-state index contributed by atoms with van der Waals surface area (Å²) < 4.78 is 51.5. The van der Waals surface area contributed by atoms with Gasteiger partial charge in [-0.3, -0.25) is 14.6 Å². The Balaban J connectivity index is 1.02. The van der Waals surface area contributed by atoms with Gasteiger partial charge in [-0.2, -0.15) is 13.2 Å². The molecule has 8 nitrogen and oxygen atoms in total. The van der Waals surface area contributed by atoms with E-state index < -0.39 is 11.7 Å². The van der Waals surface area contributed by atoms with Gasteiger partial charge in [0.25, 0.3) is 5.91 Å². The number of aryl methyl sites for hydroxylation is 1. The molecule has 1 amide bonds. The number of nitrogens with zero attached hydrogens (tertiary/aromatic N) is 6. The SMILES string of the molecule is COc1ccc(CN2CC[C@]3(CCN([C@H](C)c4cc5c(c(C(F)(F)F)c4)CN(c4cccc(C6(c7nncn7C)CC(C)C6)c4)C5=O)C3)C2)cc1. The van der Waals surface area contributed by atoms with Gasteiger partial charge in [0.2, 0.25) is 0 Å². The highest BCUT2D eigenvalue weighted by Gasteiger charge is 2.49. The Morgan fingerprint density at radius 1 is 1.02 bits per heavy atom. The molecule has 3 aliphatic heterocycles. The molecule has 3 aromatic carbocycles. The summed E-state index contributed by atoms with van der Waals surface area (Å²) in [6, 6.07) is 18.6. The predicted molar refractivity (Wildman–Crippen MR) is 189 cm³/mol. The minimum Gasteiger partial charge on any atom is -0.497 e. The van der Waals surface area contributed by atoms with Gasteiger partial charge in [-0.05, 0) is 116 Å². The molecule has 2 saturated heterocycles. The van der Waals surface area contributed by atoms with Gasteiger partial charge < -0.3 is 14.2 Å². The number of methoxy groups -OCH3 is 1. The van der Waals surface area contributed by atoms with Gasteiger partial charge in [-0.15, -0.1) is 10.2 Å². The lowest BCUT2D eigenvalue weighted by Crippen LogP contribution is -2.43. The zero-order chi connectivity index (χ0) is 35.7. The zero-order valence-corrected chi connectivity index (χ0v) is 29.7. The van der Waals surface area contributed by atoms with E-state index >= 15 is 0 Å². The molecule has 11 heteroatoms. The molecule has 8 rings (SSSR count). The number of carbonyl (C=O) groups excluding carboxylic acids is 1. The Labute approximate surface area is 297 Å². The Hall–Kier alpha value is -4.22. The van der Waals surface area contributed by atoms with Crippen LogP contribution in [-0.4, -0.2) is 63.8 Å². The van der Waals surface area contributed by atoms with E-state index in [1.54, 1.807) is 19.5 Å². The minimum atomic E-state index is -4.59. The van der Waals surface area contributed by atoms with Crippen LogP contribution >= 0.6 is 0 Å². The van der Waals surface area contributed by atoms with Crippen molar-refractivity contribution in [1.82, 2.24) is 24.6 Å². The number of benzene rings is 3. The molecule has 0 unspecified atom stereocenters. The number of fused-ring (bicyclic) bond motifs is 1. The Morgan fingerprint density at radius 3 is 2.47 bits per heavy atom. The molecule has 0 radical (unpaired) electrons. The summed E-state index contributed by atoms with van der Waals surface area (Å²) in [6.07, 6.45) is 0.939. The molecule has 268 valence electrons. The van der Waals surface area contributed by atoms with E-state index in [0.29, 0.717) is 17.2 Å². The summed E-state index contributed by atoms with van der Waals surface area (Å²) in [5.74, 6) is 1.81. The van der Waals surface area contributed by atoms with Crippen molar-refractivity contribution < 1.29 is 22.7 Å². The van der Waals surface area contributed by atoms with Crippen LogP contribution in [0.1, 0.15) is 89.6 Å². The van der Waals surface area contributed by atoms with Crippen LogP contribution in [0.15, 0.2) is 67.0 Å². The molecule has 1 saturated carbocycles. The number of rotatable bonds is 8. The fourth-order valence-corrected chi connectivity index (χ4v) is 9.49. The average molecular weight is 699 g/mol. The first kappa shape index (κ1) is 33.9. The Kier molecular flexibility index (Phi) is 8.29. The second-order valence-corrected chi connectivity index (χ2v) is 15.6. The van der Waals surface area contributed by atoms with Crippen molar-refractivity contribution in [2.45, 2.75) is 70.3 Å². The number of amides is 1. The number of halogens is 3. The first-order chi connectivity index (χ1) is 24.4. The molecule has 1 spiro atoms. The molecule has 4 aromatic rings. The molecule has 0 N–H and O–H groups in total. The van der Waals surface area contributed by atoms with Gasteiger partial charge in [0.1, 0.15) is 17.9 Å². The van der Waals surface area contributed by atoms with Gasteiger partial charge in [0, 0.05) is 44.0 Å². The third-order valence-electron chi connectivity index (χ3n) is 12.2. The normalized spacial score (nSPS) is 25.8. The summed E-state index contributed by atoms with van der Waals surface area (Å²) in [5, 5.41) is 8.56. The average Bonchev–Trinajstić information content (AvgIpc) is 3.90. The lowest BCUT2D eigenvalue weighted by molar-refractivity contribution is -0.138. The molecule has 4 aliphatic rings. The lowest BCUT2D eigenvalue weighted by atomic mass is 9.58. The second kappa shape index (κ2) is 12.5. The van der Waals surface area contributed by atoms with E-state index in [1.807, 2.05) is 54.9 Å². The van der Waals surface area contributed by atoms with Crippen molar-refractivity contribution in [2.24, 2.45) is 18.4 Å². The first-order valence-corrected chi connectivity index (χ1v) is 18.0. The maximum absolute atomic E-state index is 14.8. The highest BCUT2D eigenvalue weighted by Crippen LogP contribution is 2.52. The van der Waals surface area contributed by atoms with Crippen molar-refractivity contribution >= 4 is 11.6 Å². The van der Waals surface area contributed by atoms with Crippen molar-refractivity contribution in [3.05, 3.63) is 106 Å². The number of ether oxygens (including phenoxy) is 1. The van der Waals surface area contributed by atoms with E-state index in [0.717, 1.165) is 75.5 Å². The number of aromatic nitrogens is 3. The monoisotopic (exact) mass is 698 g/mol. The number of hydrogen-bond donors (Lipinski definition) is 0. The minimum absolute atomic E-state index is 0.0528. The van der Waals surface area contributed by atoms with Crippen LogP contribution in [0.25, 0.3) is 0 Å². The molecular formula is C40H45F3N6O2. The van der Waals surface area contributed by atoms with E-state index in [2.05, 4.69) is 39.1 Å². The Bertz CT molecular complexity index is 1950. The summed E-state index contributed by atoms with van der Waals surface area (Å²) in [4.78, 5) is 20.4. The molecule has 4 heterocycles. The maximum Gasteiger partial charge on any atom is 0.416 e. The van der Waals surface area contributed by atoms with Gasteiger partial charge >= 0.3 is 6.18 Å². The Morgan fingerprint density at radius 2 is 1.78 bits per heavy atom. The second-order valence-electron chi connectivity index (χ2n) is 15.6. The van der Waals surface area contributed by atoms with Gasteiger partial charge in [-0.25, -0.2) is 0 Å². The third-order valence-corrected chi connectivity index (χ3v) is 12.2. The molecular weight excluding hydrogens is 653 g/mol. The number of alkyl halides is 3. The van der Waals surface area contributed by atoms with Crippen LogP contribution in [0.2, 0.25) is 0 Å². The molecule has 1 aliphatic carbocycles. The maximum atomic E-state index is 14.8. The molecule has 3 fully saturated rings. The summed E-state index contributed by atoms with van der Waals surface area (Å²) in [6.45, 7) is 8.52. The highest BCUT2D eigenvalue weighted by atomic mass is 19.4. The number of carbonyl (C=O) groups is 1. The summed E-state index contributed by atoms with van der Waals surface area (Å²) in [7, 11) is 3.59. The van der Waals surface area contributed by atoms with Crippen molar-refractivity contribution in [3.8, 4) is 5.75 Å². The molecule has 1 aromatic heterocycles. The predicted octanol–water partition coefficient (Wildman–Crippen LogP) is 7.38. The first-order valence-electron chi connectivity index (χ1n) is 18.0. The molecule has 2 atom stereocenters. The van der Waals surface area contributed by atoms with E-state index in [1.165, 1.54) is 16.5 Å². The highest BCUT2D eigenvalue weighted by molar-refractivity contribution is 6.10. The summed E-state index contributed by atoms with van der Waals surface area (Å²) >= 11 is 0. The quantitative estimate of drug-likeness (QED) is 0.192. The van der Waals surface area contributed by atoms with Crippen molar-refractivity contribution in [2.75, 3.05) is 38.2 Å². The van der Waals surface area contributed by atoms with Crippen LogP contribution in [0, 0.1) is 11.3 Å². The van der Waals surface area contributed by atoms with Gasteiger partial charge in [0.05, 0.1) is 24.6 Å². The fraction of sp³-hybridized carbons (Fsp3) is 0.475. The fourth-order valence-electron chi connectivity index (χ4n) is 9.49. The topological polar surface area (TPSA) is 66.7 Å². The lowest BCUT2D eigenvalue weighted by Gasteiger charge is -2.46. The zero-order valence-electron chi connectivity index (χ0n) is 29.7. The van der Waals surface area contributed by atoms with E-state index in [9.17, 15) is 18.0 Å². The summed E-state index contributed by atoms with van der Waals surface area (Å²) in [5.41, 5.74) is 2.63. The van der Waals surface area contributed by atoms with Crippen LogP contribution in [0.3, 0.4) is 0 Å². The molecule has 51 heavy (non-hydrogen) atoms. The largest absolute Gasteiger partial charge is 0.497 e. The standard InChI is InChI=1S/C40H45F3N6O2/c1-26-19-39(20-26,37-45-44-25-46(37)3)30-6-5-7-31(18-30)49-22-34-33(36(49)50)16-29(17-35(34)40(41,42)43)27(2)48-15-13-38(24-48)12-14-47(23-38)21-28-8-10-32(51-4)11-9-28/h5-11,16-18,25-27H,12-15,19-24H2,1-4H3/t26?,27-,38+,39?/m1/s1. The van der Waals surface area contributed by atoms with E-state index in [4.69, 9.17) is 4.74 Å². The van der Waals surface area contributed by atoms with Crippen molar-refractivity contribution in [1.29, 1.82) is 0 Å². The van der Waals surface area contributed by atoms with Gasteiger partial charge in [0.15, 0.2) is 0 Å². The van der Waals surface area contributed by atoms with Crippen LogP contribution in [-0.2, 0) is 31.7 Å². The third kappa shape index (κ3) is 5.92. The van der Waals surface area contributed by atoms with Crippen LogP contribution < -0.4 is 9.64 Å². The van der Waals surface area contributed by atoms with Crippen LogP contribution in [0.4, 0.5) is 18.9 Å². The van der Waals surface area contributed by atoms with E-state index in [-0.39, 0.29) is 40.5 Å². The molecule has 0 bridgehead atoms. The van der Waals surface area contributed by atoms with Gasteiger partial charge in [-0.1, -0.05) is 31.2 Å².